The molecule has 0 N–H and O–H groups in total. The molecule has 0 heterocycles. The van der Waals surface area contributed by atoms with Crippen LogP contribution >= 0.6 is 0 Å². The Kier molecular flexibility index (Phi) is 36.8. The number of halogens is 1. The van der Waals surface area contributed by atoms with Gasteiger partial charge in [-0.05, 0) is 17.9 Å². The summed E-state index contributed by atoms with van der Waals surface area (Å²) in [7, 11) is 0. The van der Waals surface area contributed by atoms with Gasteiger partial charge in [-0.15, -0.1) is 0 Å². The van der Waals surface area contributed by atoms with Gasteiger partial charge in [0.25, 0.3) is 0 Å². The summed E-state index contributed by atoms with van der Waals surface area (Å²) < 4.78 is 0. The second kappa shape index (κ2) is 20.9. The molecule has 0 aromatic heterocycles. The molecule has 17 heavy (non-hydrogen) atoms. The lowest BCUT2D eigenvalue weighted by molar-refractivity contribution is -0.00000419. The Labute approximate surface area is 117 Å². The highest BCUT2D eigenvalue weighted by molar-refractivity contribution is 5.18. The average Bonchev–Trinajstić information content (AvgIpc) is 2.19. The van der Waals surface area contributed by atoms with Crippen molar-refractivity contribution in [3.8, 4) is 0 Å². The molecule has 1 aromatic carbocycles. The summed E-state index contributed by atoms with van der Waals surface area (Å²) in [6.45, 7) is 8.73. The molecule has 0 saturated heterocycles. The van der Waals surface area contributed by atoms with E-state index >= 15 is 0 Å². The monoisotopic (exact) mass is 261 g/mol. The molecule has 1 unspecified atom stereocenters. The van der Waals surface area contributed by atoms with E-state index in [9.17, 15) is 0 Å². The first-order valence-electron chi connectivity index (χ1n) is 5.31. The van der Waals surface area contributed by atoms with Crippen molar-refractivity contribution in [2.24, 2.45) is 0 Å². The lowest BCUT2D eigenvalue weighted by atomic mass is 9.99. The van der Waals surface area contributed by atoms with Gasteiger partial charge in [0.15, 0.2) is 0 Å². The molecular formula is C16H34Cl-. The maximum Gasteiger partial charge on any atom is -0.0193 e. The van der Waals surface area contributed by atoms with E-state index in [0.29, 0.717) is 5.92 Å². The van der Waals surface area contributed by atoms with Crippen LogP contribution < -0.4 is 12.4 Å². The van der Waals surface area contributed by atoms with E-state index in [2.05, 4.69) is 58.0 Å². The van der Waals surface area contributed by atoms with E-state index in [1.165, 1.54) is 18.4 Å². The standard InChI is InChI=1S/C10H14.C3H8.3CH4.ClH/c1-3-9(2)10-7-5-4-6-8-10;1-3-2;;;;/h4-9H,3H2,1-2H3;3H2,1-2H3;3*1H4;1H/p-1. The Morgan fingerprint density at radius 2 is 1.24 bits per heavy atom. The summed E-state index contributed by atoms with van der Waals surface area (Å²) in [5.74, 6) is 0.709. The molecular weight excluding hydrogens is 228 g/mol. The van der Waals surface area contributed by atoms with Gasteiger partial charge in [-0.25, -0.2) is 0 Å². The Bertz CT molecular complexity index is 194. The summed E-state index contributed by atoms with van der Waals surface area (Å²) in [6.07, 6.45) is 2.48. The van der Waals surface area contributed by atoms with Gasteiger partial charge in [0, 0.05) is 0 Å². The molecule has 0 fully saturated rings. The van der Waals surface area contributed by atoms with E-state index in [1.54, 1.807) is 0 Å². The lowest BCUT2D eigenvalue weighted by Crippen LogP contribution is -3.00. The van der Waals surface area contributed by atoms with Gasteiger partial charge in [0.2, 0.25) is 0 Å². The molecule has 0 nitrogen and oxygen atoms in total. The Morgan fingerprint density at radius 3 is 1.53 bits per heavy atom. The van der Waals surface area contributed by atoms with Crippen molar-refractivity contribution in [1.29, 1.82) is 0 Å². The maximum atomic E-state index is 2.26. The smallest absolute Gasteiger partial charge is 0.0193 e. The van der Waals surface area contributed by atoms with Crippen LogP contribution in [-0.4, -0.2) is 0 Å². The minimum atomic E-state index is 0. The fraction of sp³-hybridized carbons (Fsp3) is 0.625. The maximum absolute atomic E-state index is 2.26. The van der Waals surface area contributed by atoms with Gasteiger partial charge >= 0.3 is 0 Å². The molecule has 0 aliphatic carbocycles. The summed E-state index contributed by atoms with van der Waals surface area (Å²) in [5, 5.41) is 0. The van der Waals surface area contributed by atoms with Crippen molar-refractivity contribution < 1.29 is 12.4 Å². The molecule has 0 spiro atoms. The van der Waals surface area contributed by atoms with E-state index in [0.717, 1.165) is 0 Å². The summed E-state index contributed by atoms with van der Waals surface area (Å²) in [4.78, 5) is 0. The quantitative estimate of drug-likeness (QED) is 0.764. The van der Waals surface area contributed by atoms with Gasteiger partial charge in [-0.1, -0.05) is 86.7 Å². The Hall–Kier alpha value is -0.490. The predicted octanol–water partition coefficient (Wildman–Crippen LogP) is 3.53. The van der Waals surface area contributed by atoms with Crippen LogP contribution in [0.1, 0.15) is 74.3 Å². The molecule has 106 valence electrons. The molecule has 0 saturated carbocycles. The number of hydrogen-bond acceptors (Lipinski definition) is 0. The Balaban J connectivity index is -0.0000000629. The molecule has 1 rings (SSSR count). The fourth-order valence-electron chi connectivity index (χ4n) is 1.02. The van der Waals surface area contributed by atoms with Crippen LogP contribution in [0, 0.1) is 0 Å². The van der Waals surface area contributed by atoms with E-state index in [4.69, 9.17) is 0 Å². The summed E-state index contributed by atoms with van der Waals surface area (Å²) in [6, 6.07) is 10.6. The van der Waals surface area contributed by atoms with E-state index in [-0.39, 0.29) is 34.7 Å². The van der Waals surface area contributed by atoms with Crippen LogP contribution in [0.25, 0.3) is 0 Å². The molecule has 0 aliphatic heterocycles. The number of rotatable bonds is 2. The van der Waals surface area contributed by atoms with Crippen LogP contribution in [0.15, 0.2) is 30.3 Å². The zero-order valence-electron chi connectivity index (χ0n) is 9.76. The van der Waals surface area contributed by atoms with Crippen molar-refractivity contribution in [1.82, 2.24) is 0 Å². The zero-order valence-corrected chi connectivity index (χ0v) is 10.5. The largest absolute Gasteiger partial charge is 1.00 e. The van der Waals surface area contributed by atoms with E-state index in [1.807, 2.05) is 0 Å². The van der Waals surface area contributed by atoms with Crippen LogP contribution in [-0.2, 0) is 0 Å². The summed E-state index contributed by atoms with van der Waals surface area (Å²) in [5.41, 5.74) is 1.45. The van der Waals surface area contributed by atoms with Crippen molar-refractivity contribution in [3.63, 3.8) is 0 Å². The van der Waals surface area contributed by atoms with Gasteiger partial charge < -0.3 is 12.4 Å². The van der Waals surface area contributed by atoms with Crippen LogP contribution in [0.5, 0.6) is 0 Å². The van der Waals surface area contributed by atoms with Gasteiger partial charge in [0.05, 0.1) is 0 Å². The molecule has 1 aromatic rings. The topological polar surface area (TPSA) is 0 Å². The minimum Gasteiger partial charge on any atom is -1.00 e. The molecule has 1 atom stereocenters. The molecule has 0 aliphatic rings. The minimum absolute atomic E-state index is 0. The third-order valence-corrected chi connectivity index (χ3v) is 1.98. The van der Waals surface area contributed by atoms with Crippen molar-refractivity contribution in [3.05, 3.63) is 35.9 Å². The average molecular weight is 262 g/mol. The highest BCUT2D eigenvalue weighted by atomic mass is 35.5. The van der Waals surface area contributed by atoms with Gasteiger partial charge in [-0.2, -0.15) is 0 Å². The first-order chi connectivity index (χ1) is 6.26. The van der Waals surface area contributed by atoms with Gasteiger partial charge in [0.1, 0.15) is 0 Å². The Morgan fingerprint density at radius 1 is 0.882 bits per heavy atom. The highest BCUT2D eigenvalue weighted by Crippen LogP contribution is 2.16. The van der Waals surface area contributed by atoms with Crippen molar-refractivity contribution in [2.45, 2.75) is 68.7 Å². The van der Waals surface area contributed by atoms with Gasteiger partial charge in [-0.3, -0.25) is 0 Å². The second-order valence-electron chi connectivity index (χ2n) is 3.43. The van der Waals surface area contributed by atoms with E-state index < -0.39 is 0 Å². The lowest BCUT2D eigenvalue weighted by Gasteiger charge is -2.06. The molecule has 1 heteroatoms. The third kappa shape index (κ3) is 15.5. The first-order valence-corrected chi connectivity index (χ1v) is 5.31. The number of hydrogen-bond donors (Lipinski definition) is 0. The van der Waals surface area contributed by atoms with Crippen LogP contribution in [0.2, 0.25) is 0 Å². The molecule has 0 amide bonds. The zero-order chi connectivity index (χ0) is 10.1. The molecule has 0 bridgehead atoms. The number of benzene rings is 1. The molecule has 0 radical (unpaired) electrons. The van der Waals surface area contributed by atoms with Crippen molar-refractivity contribution in [2.75, 3.05) is 0 Å². The van der Waals surface area contributed by atoms with Crippen molar-refractivity contribution >= 4 is 0 Å². The third-order valence-electron chi connectivity index (χ3n) is 1.98. The fourth-order valence-corrected chi connectivity index (χ4v) is 1.02. The normalized spacial score (nSPS) is 8.71. The highest BCUT2D eigenvalue weighted by Gasteiger charge is 1.98. The second-order valence-corrected chi connectivity index (χ2v) is 3.43. The SMILES string of the molecule is C.C.C.CCC.CCC(C)c1ccccc1.[Cl-]. The summed E-state index contributed by atoms with van der Waals surface area (Å²) >= 11 is 0. The first kappa shape index (κ1) is 30.0. The van der Waals surface area contributed by atoms with Crippen LogP contribution in [0.4, 0.5) is 0 Å². The predicted molar refractivity (Wildman–Crippen MR) is 81.3 cm³/mol. The van der Waals surface area contributed by atoms with Crippen LogP contribution in [0.3, 0.4) is 0 Å².